The summed E-state index contributed by atoms with van der Waals surface area (Å²) in [5.74, 6) is -3.54. The molecule has 0 unspecified atom stereocenters. The number of hydrogen-bond donors (Lipinski definition) is 8. The quantitative estimate of drug-likeness (QED) is 0.0721. The Morgan fingerprint density at radius 1 is 0.650 bits per heavy atom. The third-order valence-electron chi connectivity index (χ3n) is 9.51. The second kappa shape index (κ2) is 24.9. The van der Waals surface area contributed by atoms with Crippen LogP contribution in [0.15, 0.2) is 84.9 Å². The van der Waals surface area contributed by atoms with E-state index in [1.165, 1.54) is 54.8 Å². The number of anilines is 3. The largest absolute Gasteiger partial charge is 0.480 e. The van der Waals surface area contributed by atoms with Crippen LogP contribution in [0.1, 0.15) is 44.9 Å². The van der Waals surface area contributed by atoms with Gasteiger partial charge in [0.05, 0.1) is 28.2 Å². The van der Waals surface area contributed by atoms with Crippen molar-refractivity contribution in [2.45, 2.75) is 81.4 Å². The van der Waals surface area contributed by atoms with E-state index in [2.05, 4.69) is 17.5 Å². The highest BCUT2D eigenvalue weighted by Gasteiger charge is 2.39. The normalized spacial score (nSPS) is 22.4. The molecule has 0 spiro atoms. The van der Waals surface area contributed by atoms with Crippen molar-refractivity contribution in [3.63, 3.8) is 0 Å². The highest BCUT2D eigenvalue weighted by Crippen LogP contribution is 2.28. The lowest BCUT2D eigenvalue weighted by Crippen LogP contribution is -2.41. The summed E-state index contributed by atoms with van der Waals surface area (Å²) in [7, 11) is 0. The minimum absolute atomic E-state index is 0. The molecule has 7 rings (SSSR count). The first-order chi connectivity index (χ1) is 28.0. The zero-order valence-corrected chi connectivity index (χ0v) is 33.1. The number of allylic oxidation sites excluding steroid dienone is 2. The molecule has 1 aliphatic carbocycles. The van der Waals surface area contributed by atoms with Crippen LogP contribution in [-0.2, 0) is 14.4 Å². The fraction of sp³-hybridized carbons (Fsp3) is 0.410. The molecule has 4 aliphatic rings. The lowest BCUT2D eigenvalue weighted by Gasteiger charge is -2.24. The van der Waals surface area contributed by atoms with E-state index in [4.69, 9.17) is 26.2 Å². The van der Waals surface area contributed by atoms with Crippen molar-refractivity contribution in [3.8, 4) is 0 Å². The number of nitrogens with two attached hydrogens (primary N) is 1. The monoisotopic (exact) mass is 864 g/mol. The van der Waals surface area contributed by atoms with Gasteiger partial charge >= 0.3 is 17.9 Å². The summed E-state index contributed by atoms with van der Waals surface area (Å²) in [6.45, 7) is 1.55. The van der Waals surface area contributed by atoms with Gasteiger partial charge in [0, 0.05) is 54.4 Å². The Bertz CT molecular complexity index is 1870. The molecule has 21 heteroatoms. The van der Waals surface area contributed by atoms with Crippen molar-refractivity contribution in [2.24, 2.45) is 0 Å². The van der Waals surface area contributed by atoms with Crippen LogP contribution in [0, 0.1) is 26.0 Å². The number of hydrogen-bond acceptors (Lipinski definition) is 14. The number of nitrogens with zero attached hydrogens (tertiary/aromatic N) is 4. The van der Waals surface area contributed by atoms with E-state index in [-0.39, 0.29) is 23.8 Å². The number of non-ortho nitro benzene ring substituents is 2. The summed E-state index contributed by atoms with van der Waals surface area (Å²) in [5, 5.41) is 77.7. The van der Waals surface area contributed by atoms with Gasteiger partial charge in [-0.05, 0) is 100 Å². The van der Waals surface area contributed by atoms with Crippen molar-refractivity contribution in [2.75, 3.05) is 35.2 Å². The molecule has 3 heterocycles. The van der Waals surface area contributed by atoms with Crippen molar-refractivity contribution in [1.29, 1.82) is 0 Å². The van der Waals surface area contributed by atoms with Crippen molar-refractivity contribution in [1.82, 2.24) is 5.32 Å². The summed E-state index contributed by atoms with van der Waals surface area (Å²) in [6, 6.07) is 14.3. The van der Waals surface area contributed by atoms with E-state index in [9.17, 15) is 49.2 Å². The summed E-state index contributed by atoms with van der Waals surface area (Å²) < 4.78 is 12.1. The van der Waals surface area contributed by atoms with Crippen molar-refractivity contribution < 1.29 is 59.3 Å². The molecule has 3 aromatic carbocycles. The molecule has 328 valence electrons. The van der Waals surface area contributed by atoms with Gasteiger partial charge in [0.25, 0.3) is 11.4 Å². The molecule has 3 aliphatic heterocycles. The van der Waals surface area contributed by atoms with Gasteiger partial charge in [-0.1, -0.05) is 12.2 Å². The number of aliphatic hydroxyl groups excluding tert-OH is 3. The number of nitro benzene ring substituents is 2. The second-order valence-corrected chi connectivity index (χ2v) is 13.6. The average molecular weight is 865 g/mol. The number of carbonyl (C=O) groups is 3. The molecule has 3 fully saturated rings. The fourth-order valence-corrected chi connectivity index (χ4v) is 6.42. The molecule has 0 radical (unpaired) electrons. The Morgan fingerprint density at radius 2 is 1.05 bits per heavy atom. The van der Waals surface area contributed by atoms with Gasteiger partial charge in [0.15, 0.2) is 12.1 Å². The standard InChI is InChI=1S/C11H12N2O5.C11H14N2O3.C6H4FNO2.C6H10.C5H9NO3.ClH/c14-9-5-6-12(10(9)11(15)16)7-1-3-8(4-2-7)13(17)18;12-7-1-3-8(4-2-7)13-6-5-9(14)10(13)11(15)16;7-5-1-3-6(4-2-5)8(9)10;1-2-4-6-5-3-1;7-3-1-2-6-4(3)5(8)9;/h1-4,9-10,14H,5-6H2,(H,15,16);1-4,9-10,14H,5-6,12H2,(H,15,16);1-4H;1-2H,3-6H2;3-4,6-7H,1-2H2,(H,8,9);1H/t2*9-,10-;;;3-,4-;/m00..0./s1. The number of rotatable bonds is 7. The maximum Gasteiger partial charge on any atom is 0.329 e. The molecule has 0 saturated carbocycles. The van der Waals surface area contributed by atoms with Crippen LogP contribution in [0.5, 0.6) is 0 Å². The first-order valence-electron chi connectivity index (χ1n) is 18.7. The van der Waals surface area contributed by atoms with E-state index < -0.39 is 70.0 Å². The van der Waals surface area contributed by atoms with Gasteiger partial charge in [0.1, 0.15) is 11.9 Å². The summed E-state index contributed by atoms with van der Waals surface area (Å²) in [5.41, 5.74) is 7.39. The number of benzene rings is 3. The predicted molar refractivity (Wildman–Crippen MR) is 221 cm³/mol. The van der Waals surface area contributed by atoms with Crippen LogP contribution in [-0.4, -0.2) is 114 Å². The first kappa shape index (κ1) is 50.2. The van der Waals surface area contributed by atoms with Crippen LogP contribution >= 0.6 is 12.4 Å². The SMILES string of the molecule is C1=CCCCC1.Cl.Nc1ccc(N2CC[C@H](O)[C@H]2C(=O)O)cc1.O=C(O)[C@@H]1[C@@H](O)CCN1c1ccc([N+](=O)[O-])cc1.O=C(O)[C@H]1NCC[C@@H]1O.O=[N+]([O-])c1ccc(F)cc1. The molecule has 0 amide bonds. The summed E-state index contributed by atoms with van der Waals surface area (Å²) in [6.07, 6.45) is 8.95. The van der Waals surface area contributed by atoms with Crippen LogP contribution in [0.4, 0.5) is 32.8 Å². The predicted octanol–water partition coefficient (Wildman–Crippen LogP) is 3.98. The zero-order chi connectivity index (χ0) is 43.6. The number of aliphatic hydroxyl groups is 3. The Balaban J connectivity index is 0.000000270. The van der Waals surface area contributed by atoms with E-state index in [1.807, 2.05) is 0 Å². The Hall–Kier alpha value is -5.93. The van der Waals surface area contributed by atoms with Crippen molar-refractivity contribution >= 4 is 58.8 Å². The van der Waals surface area contributed by atoms with Crippen LogP contribution in [0.25, 0.3) is 0 Å². The lowest BCUT2D eigenvalue weighted by molar-refractivity contribution is -0.385. The fourth-order valence-electron chi connectivity index (χ4n) is 6.42. The molecule has 9 N–H and O–H groups in total. The van der Waals surface area contributed by atoms with E-state index >= 15 is 0 Å². The van der Waals surface area contributed by atoms with Gasteiger partial charge in [-0.25, -0.2) is 14.0 Å². The first-order valence-corrected chi connectivity index (χ1v) is 18.7. The number of nitrogens with one attached hydrogen (secondary N) is 1. The Labute approximate surface area is 350 Å². The number of halogens is 2. The average Bonchev–Trinajstić information content (AvgIpc) is 3.95. The molecular weight excluding hydrogens is 815 g/mol. The molecular formula is C39H50ClFN6O13. The number of carboxylic acid groups (broad SMARTS) is 3. The second-order valence-electron chi connectivity index (χ2n) is 13.6. The molecule has 19 nitrogen and oxygen atoms in total. The number of nitrogen functional groups attached to an aromatic ring is 1. The number of nitro groups is 2. The van der Waals surface area contributed by atoms with Crippen LogP contribution in [0.2, 0.25) is 0 Å². The highest BCUT2D eigenvalue weighted by molar-refractivity contribution is 5.85. The molecule has 0 aromatic heterocycles. The third-order valence-corrected chi connectivity index (χ3v) is 9.51. The minimum atomic E-state index is -1.10. The lowest BCUT2D eigenvalue weighted by atomic mass is 10.1. The Morgan fingerprint density at radius 3 is 1.35 bits per heavy atom. The molecule has 60 heavy (non-hydrogen) atoms. The van der Waals surface area contributed by atoms with E-state index in [1.54, 1.807) is 29.2 Å². The number of aliphatic carboxylic acids is 3. The van der Waals surface area contributed by atoms with Crippen molar-refractivity contribution in [3.05, 3.63) is 111 Å². The smallest absolute Gasteiger partial charge is 0.329 e. The summed E-state index contributed by atoms with van der Waals surface area (Å²) >= 11 is 0. The molecule has 6 atom stereocenters. The maximum absolute atomic E-state index is 12.1. The topological polar surface area (TPSA) is 303 Å². The highest BCUT2D eigenvalue weighted by atomic mass is 35.5. The molecule has 3 aromatic rings. The van der Waals surface area contributed by atoms with Gasteiger partial charge < -0.3 is 51.5 Å². The molecule has 3 saturated heterocycles. The van der Waals surface area contributed by atoms with Gasteiger partial charge in [-0.2, -0.15) is 0 Å². The zero-order valence-electron chi connectivity index (χ0n) is 32.3. The van der Waals surface area contributed by atoms with Gasteiger partial charge in [0.2, 0.25) is 0 Å². The van der Waals surface area contributed by atoms with Crippen LogP contribution in [0.3, 0.4) is 0 Å². The third kappa shape index (κ3) is 15.3. The van der Waals surface area contributed by atoms with Crippen LogP contribution < -0.4 is 20.9 Å². The van der Waals surface area contributed by atoms with E-state index in [0.29, 0.717) is 50.3 Å². The molecule has 0 bridgehead atoms. The van der Waals surface area contributed by atoms with Gasteiger partial charge in [-0.15, -0.1) is 12.4 Å². The Kier molecular flexibility index (Phi) is 20.8. The maximum atomic E-state index is 12.1. The number of carboxylic acids is 3. The van der Waals surface area contributed by atoms with E-state index in [0.717, 1.165) is 30.0 Å². The summed E-state index contributed by atoms with van der Waals surface area (Å²) in [4.78, 5) is 54.9. The van der Waals surface area contributed by atoms with Gasteiger partial charge in [-0.3, -0.25) is 25.0 Å². The minimum Gasteiger partial charge on any atom is -0.480 e.